The van der Waals surface area contributed by atoms with Crippen LogP contribution < -0.4 is 9.39 Å². The first kappa shape index (κ1) is 13.6. The molecular formula is C12H10BClFNO3. The first-order valence-corrected chi connectivity index (χ1v) is 5.77. The van der Waals surface area contributed by atoms with Crippen molar-refractivity contribution in [3.8, 4) is 22.8 Å². The summed E-state index contributed by atoms with van der Waals surface area (Å²) < 4.78 is 23.2. The molecule has 0 bridgehead atoms. The van der Waals surface area contributed by atoms with Crippen molar-refractivity contribution in [2.24, 2.45) is 0 Å². The van der Waals surface area contributed by atoms with E-state index < -0.39 is 7.69 Å². The van der Waals surface area contributed by atoms with Crippen LogP contribution in [0.1, 0.15) is 0 Å². The zero-order chi connectivity index (χ0) is 13.8. The van der Waals surface area contributed by atoms with Crippen molar-refractivity contribution in [3.63, 3.8) is 0 Å². The van der Waals surface area contributed by atoms with E-state index in [0.717, 1.165) is 0 Å². The van der Waals surface area contributed by atoms with E-state index in [4.69, 9.17) is 26.0 Å². The maximum absolute atomic E-state index is 13.2. The molecule has 0 atom stereocenters. The van der Waals surface area contributed by atoms with E-state index in [2.05, 4.69) is 4.98 Å². The normalized spacial score (nSPS) is 10.1. The van der Waals surface area contributed by atoms with Gasteiger partial charge in [0.15, 0.2) is 5.75 Å². The van der Waals surface area contributed by atoms with E-state index >= 15 is 0 Å². The van der Waals surface area contributed by atoms with E-state index in [9.17, 15) is 4.39 Å². The van der Waals surface area contributed by atoms with Crippen LogP contribution in [0.2, 0.25) is 5.15 Å². The second-order valence-corrected chi connectivity index (χ2v) is 3.98. The maximum atomic E-state index is 13.2. The van der Waals surface area contributed by atoms with Gasteiger partial charge in [-0.25, -0.2) is 4.39 Å². The van der Waals surface area contributed by atoms with Crippen LogP contribution in [0.15, 0.2) is 30.3 Å². The first-order valence-electron chi connectivity index (χ1n) is 5.40. The Balaban J connectivity index is 2.52. The van der Waals surface area contributed by atoms with Crippen molar-refractivity contribution in [3.05, 3.63) is 41.3 Å². The quantitative estimate of drug-likeness (QED) is 0.689. The SMILES string of the molecule is COc1cc(-c2cccc(F)c2)c(Cl)nc1OBO. The number of hydrogen-bond acceptors (Lipinski definition) is 4. The number of halogens is 2. The molecule has 1 heterocycles. The standard InChI is InChI=1S/C12H10BClFNO3/c1-18-10-6-9(7-3-2-4-8(15)5-7)11(14)16-12(10)19-13-17/h2-6,13,17H,1H3. The van der Waals surface area contributed by atoms with E-state index in [-0.39, 0.29) is 16.9 Å². The minimum Gasteiger partial charge on any atom is -0.522 e. The highest BCUT2D eigenvalue weighted by molar-refractivity contribution is 6.32. The summed E-state index contributed by atoms with van der Waals surface area (Å²) in [5.41, 5.74) is 1.09. The maximum Gasteiger partial charge on any atom is 0.505 e. The zero-order valence-corrected chi connectivity index (χ0v) is 10.8. The van der Waals surface area contributed by atoms with Crippen LogP contribution in [0.25, 0.3) is 11.1 Å². The summed E-state index contributed by atoms with van der Waals surface area (Å²) in [6.45, 7) is 0. The van der Waals surface area contributed by atoms with Gasteiger partial charge in [-0.3, -0.25) is 0 Å². The van der Waals surface area contributed by atoms with Gasteiger partial charge in [-0.1, -0.05) is 23.7 Å². The highest BCUT2D eigenvalue weighted by atomic mass is 35.5. The van der Waals surface area contributed by atoms with Gasteiger partial charge in [-0.05, 0) is 23.8 Å². The topological polar surface area (TPSA) is 51.6 Å². The molecule has 0 saturated carbocycles. The van der Waals surface area contributed by atoms with Crippen LogP contribution in [0.5, 0.6) is 11.6 Å². The monoisotopic (exact) mass is 281 g/mol. The number of hydrogen-bond donors (Lipinski definition) is 1. The van der Waals surface area contributed by atoms with Crippen molar-refractivity contribution < 1.29 is 18.8 Å². The molecule has 1 aromatic carbocycles. The molecule has 0 unspecified atom stereocenters. The summed E-state index contributed by atoms with van der Waals surface area (Å²) in [5, 5.41) is 8.88. The van der Waals surface area contributed by atoms with Gasteiger partial charge in [-0.15, -0.1) is 0 Å². The lowest BCUT2D eigenvalue weighted by Crippen LogP contribution is -2.04. The molecule has 0 spiro atoms. The minimum atomic E-state index is -0.543. The molecule has 0 aliphatic rings. The summed E-state index contributed by atoms with van der Waals surface area (Å²) in [6.07, 6.45) is 0. The fourth-order valence-electron chi connectivity index (χ4n) is 1.63. The average molecular weight is 281 g/mol. The Morgan fingerprint density at radius 3 is 2.79 bits per heavy atom. The van der Waals surface area contributed by atoms with Gasteiger partial charge >= 0.3 is 7.69 Å². The number of rotatable bonds is 4. The molecule has 0 fully saturated rings. The van der Waals surface area contributed by atoms with Crippen LogP contribution in [0, 0.1) is 5.82 Å². The number of pyridine rings is 1. The highest BCUT2D eigenvalue weighted by Crippen LogP contribution is 2.35. The van der Waals surface area contributed by atoms with Crippen molar-refractivity contribution >= 4 is 19.3 Å². The van der Waals surface area contributed by atoms with Gasteiger partial charge in [0.2, 0.25) is 5.88 Å². The minimum absolute atomic E-state index is 0.0788. The molecule has 19 heavy (non-hydrogen) atoms. The highest BCUT2D eigenvalue weighted by Gasteiger charge is 2.14. The zero-order valence-electron chi connectivity index (χ0n) is 10.1. The predicted molar refractivity (Wildman–Crippen MR) is 71.2 cm³/mol. The lowest BCUT2D eigenvalue weighted by Gasteiger charge is -2.11. The van der Waals surface area contributed by atoms with Crippen LogP contribution in [-0.4, -0.2) is 24.8 Å². The van der Waals surface area contributed by atoms with Crippen LogP contribution >= 0.6 is 11.6 Å². The van der Waals surface area contributed by atoms with Crippen LogP contribution in [0.3, 0.4) is 0 Å². The summed E-state index contributed by atoms with van der Waals surface area (Å²) in [4.78, 5) is 3.98. The Bertz CT molecular complexity index is 597. The molecule has 2 rings (SSSR count). The number of ether oxygens (including phenoxy) is 1. The van der Waals surface area contributed by atoms with Gasteiger partial charge in [0, 0.05) is 5.56 Å². The van der Waals surface area contributed by atoms with Crippen molar-refractivity contribution in [2.75, 3.05) is 7.11 Å². The second-order valence-electron chi connectivity index (χ2n) is 3.62. The summed E-state index contributed by atoms with van der Waals surface area (Å²) in [6, 6.07) is 7.54. The Kier molecular flexibility index (Phi) is 4.24. The Labute approximate surface area is 115 Å². The Morgan fingerprint density at radius 1 is 1.37 bits per heavy atom. The van der Waals surface area contributed by atoms with Gasteiger partial charge in [0.05, 0.1) is 7.11 Å². The number of benzene rings is 1. The molecule has 0 aliphatic heterocycles. The molecule has 1 aromatic heterocycles. The third-order valence-corrected chi connectivity index (χ3v) is 2.75. The third-order valence-electron chi connectivity index (χ3n) is 2.46. The van der Waals surface area contributed by atoms with E-state index in [0.29, 0.717) is 16.9 Å². The Hall–Kier alpha value is -1.79. The summed E-state index contributed by atoms with van der Waals surface area (Å²) in [5.74, 6) is 0.0103. The lowest BCUT2D eigenvalue weighted by atomic mass is 10.1. The van der Waals surface area contributed by atoms with Crippen molar-refractivity contribution in [1.29, 1.82) is 0 Å². The van der Waals surface area contributed by atoms with Crippen LogP contribution in [-0.2, 0) is 0 Å². The first-order chi connectivity index (χ1) is 9.15. The average Bonchev–Trinajstić information content (AvgIpc) is 2.39. The number of aromatic nitrogens is 1. The van der Waals surface area contributed by atoms with Gasteiger partial charge in [0.25, 0.3) is 0 Å². The largest absolute Gasteiger partial charge is 0.522 e. The lowest BCUT2D eigenvalue weighted by molar-refractivity contribution is 0.374. The summed E-state index contributed by atoms with van der Waals surface area (Å²) in [7, 11) is 0.892. The van der Waals surface area contributed by atoms with E-state index in [1.165, 1.54) is 19.2 Å². The summed E-state index contributed by atoms with van der Waals surface area (Å²) >= 11 is 6.03. The fourth-order valence-corrected chi connectivity index (χ4v) is 1.87. The molecule has 4 nitrogen and oxygen atoms in total. The second kappa shape index (κ2) is 5.90. The van der Waals surface area contributed by atoms with Gasteiger partial charge in [-0.2, -0.15) is 4.98 Å². The molecule has 1 N–H and O–H groups in total. The van der Waals surface area contributed by atoms with Crippen LogP contribution in [0.4, 0.5) is 4.39 Å². The molecule has 2 aromatic rings. The van der Waals surface area contributed by atoms with E-state index in [1.54, 1.807) is 18.2 Å². The molecule has 7 heteroatoms. The van der Waals surface area contributed by atoms with Gasteiger partial charge in [0.1, 0.15) is 11.0 Å². The van der Waals surface area contributed by atoms with E-state index in [1.807, 2.05) is 0 Å². The molecule has 0 saturated heterocycles. The van der Waals surface area contributed by atoms with Crippen molar-refractivity contribution in [2.45, 2.75) is 0 Å². The number of nitrogens with zero attached hydrogens (tertiary/aromatic N) is 1. The Morgan fingerprint density at radius 2 is 2.16 bits per heavy atom. The predicted octanol–water partition coefficient (Wildman–Crippen LogP) is 2.19. The smallest absolute Gasteiger partial charge is 0.505 e. The molecular weight excluding hydrogens is 271 g/mol. The van der Waals surface area contributed by atoms with Gasteiger partial charge < -0.3 is 14.4 Å². The fraction of sp³-hybridized carbons (Fsp3) is 0.0833. The molecule has 0 radical (unpaired) electrons. The van der Waals surface area contributed by atoms with Crippen molar-refractivity contribution in [1.82, 2.24) is 4.98 Å². The molecule has 98 valence electrons. The number of methoxy groups -OCH3 is 1. The third kappa shape index (κ3) is 2.97. The molecule has 0 amide bonds. The molecule has 0 aliphatic carbocycles.